The molecule has 2 heterocycles. The fraction of sp³-hybridized carbons (Fsp3) is 1.00. The van der Waals surface area contributed by atoms with E-state index in [1.807, 2.05) is 0 Å². The van der Waals surface area contributed by atoms with Gasteiger partial charge in [-0.25, -0.2) is 0 Å². The number of hydrogen-bond acceptors (Lipinski definition) is 2. The average Bonchev–Trinajstić information content (AvgIpc) is 2.67. The van der Waals surface area contributed by atoms with Crippen molar-refractivity contribution < 1.29 is 0 Å². The van der Waals surface area contributed by atoms with Crippen molar-refractivity contribution >= 4 is 0 Å². The highest BCUT2D eigenvalue weighted by Gasteiger charge is 2.33. The summed E-state index contributed by atoms with van der Waals surface area (Å²) in [7, 11) is 2.26. The molecule has 0 N–H and O–H groups in total. The lowest BCUT2D eigenvalue weighted by Gasteiger charge is -2.42. The van der Waals surface area contributed by atoms with Crippen LogP contribution < -0.4 is 0 Å². The van der Waals surface area contributed by atoms with Crippen LogP contribution >= 0.6 is 0 Å². The molecule has 0 aliphatic carbocycles. The zero-order valence-corrected chi connectivity index (χ0v) is 12.2. The molecule has 2 fully saturated rings. The lowest BCUT2D eigenvalue weighted by Crippen LogP contribution is -2.43. The van der Waals surface area contributed by atoms with Gasteiger partial charge in [-0.05, 0) is 63.2 Å². The van der Waals surface area contributed by atoms with E-state index in [4.69, 9.17) is 0 Å². The fourth-order valence-corrected chi connectivity index (χ4v) is 3.36. The highest BCUT2D eigenvalue weighted by atomic mass is 15.2. The summed E-state index contributed by atoms with van der Waals surface area (Å²) in [5.74, 6) is 1.77. The number of rotatable bonds is 3. The molecule has 0 spiro atoms. The predicted octanol–water partition coefficient (Wildman–Crippen LogP) is 2.70. The van der Waals surface area contributed by atoms with Crippen molar-refractivity contribution in [2.75, 3.05) is 39.8 Å². The van der Waals surface area contributed by atoms with Gasteiger partial charge in [0.05, 0.1) is 0 Å². The van der Waals surface area contributed by atoms with Gasteiger partial charge in [0.15, 0.2) is 0 Å². The monoisotopic (exact) mass is 238 g/mol. The number of likely N-dealkylation sites (tertiary alicyclic amines) is 2. The molecular weight excluding hydrogens is 208 g/mol. The van der Waals surface area contributed by atoms with Gasteiger partial charge >= 0.3 is 0 Å². The number of hydrogen-bond donors (Lipinski definition) is 0. The summed E-state index contributed by atoms with van der Waals surface area (Å²) in [5.41, 5.74) is 0.600. The van der Waals surface area contributed by atoms with E-state index in [9.17, 15) is 0 Å². The second kappa shape index (κ2) is 5.27. The van der Waals surface area contributed by atoms with Gasteiger partial charge in [0.25, 0.3) is 0 Å². The van der Waals surface area contributed by atoms with Crippen LogP contribution in [0.2, 0.25) is 0 Å². The Balaban J connectivity index is 1.76. The Morgan fingerprint density at radius 3 is 2.29 bits per heavy atom. The van der Waals surface area contributed by atoms with Crippen LogP contribution in [0.1, 0.15) is 40.0 Å². The van der Waals surface area contributed by atoms with Gasteiger partial charge in [-0.3, -0.25) is 0 Å². The molecule has 0 saturated carbocycles. The highest BCUT2D eigenvalue weighted by Crippen LogP contribution is 2.38. The van der Waals surface area contributed by atoms with Crippen LogP contribution in [0.5, 0.6) is 0 Å². The molecule has 2 nitrogen and oxygen atoms in total. The fourth-order valence-electron chi connectivity index (χ4n) is 3.36. The normalized spacial score (nSPS) is 31.2. The molecule has 2 aliphatic heterocycles. The third-order valence-corrected chi connectivity index (χ3v) is 5.40. The van der Waals surface area contributed by atoms with Gasteiger partial charge in [0, 0.05) is 13.1 Å². The third kappa shape index (κ3) is 3.23. The first-order chi connectivity index (χ1) is 7.99. The van der Waals surface area contributed by atoms with Crippen LogP contribution in [0.25, 0.3) is 0 Å². The Bertz CT molecular complexity index is 241. The second-order valence-electron chi connectivity index (χ2n) is 7.03. The summed E-state index contributed by atoms with van der Waals surface area (Å²) in [6, 6.07) is 0. The van der Waals surface area contributed by atoms with E-state index >= 15 is 0 Å². The molecule has 0 amide bonds. The summed E-state index contributed by atoms with van der Waals surface area (Å²) < 4.78 is 0. The zero-order valence-electron chi connectivity index (χ0n) is 12.2. The zero-order chi connectivity index (χ0) is 12.5. The van der Waals surface area contributed by atoms with Crippen LogP contribution in [-0.4, -0.2) is 49.6 Å². The van der Waals surface area contributed by atoms with Crippen molar-refractivity contribution in [3.63, 3.8) is 0 Å². The molecular formula is C15H30N2. The summed E-state index contributed by atoms with van der Waals surface area (Å²) in [4.78, 5) is 5.20. The highest BCUT2D eigenvalue weighted by molar-refractivity contribution is 4.86. The van der Waals surface area contributed by atoms with E-state index in [1.165, 1.54) is 52.0 Å². The van der Waals surface area contributed by atoms with Crippen molar-refractivity contribution in [3.05, 3.63) is 0 Å². The molecule has 2 saturated heterocycles. The molecule has 17 heavy (non-hydrogen) atoms. The molecule has 2 rings (SSSR count). The van der Waals surface area contributed by atoms with E-state index < -0.39 is 0 Å². The van der Waals surface area contributed by atoms with Gasteiger partial charge in [-0.1, -0.05) is 20.8 Å². The average molecular weight is 238 g/mol. The Labute approximate surface area is 107 Å². The summed E-state index contributed by atoms with van der Waals surface area (Å²) >= 11 is 0. The van der Waals surface area contributed by atoms with Crippen LogP contribution in [0.15, 0.2) is 0 Å². The Morgan fingerprint density at radius 1 is 1.18 bits per heavy atom. The first-order valence-electron chi connectivity index (χ1n) is 7.40. The largest absolute Gasteiger partial charge is 0.306 e. The van der Waals surface area contributed by atoms with Crippen molar-refractivity contribution in [1.29, 1.82) is 0 Å². The van der Waals surface area contributed by atoms with Gasteiger partial charge in [0.1, 0.15) is 0 Å². The van der Waals surface area contributed by atoms with Crippen LogP contribution in [0.3, 0.4) is 0 Å². The van der Waals surface area contributed by atoms with Gasteiger partial charge in [-0.15, -0.1) is 0 Å². The summed E-state index contributed by atoms with van der Waals surface area (Å²) in [5, 5.41) is 0. The second-order valence-corrected chi connectivity index (χ2v) is 7.03. The minimum absolute atomic E-state index is 0.600. The predicted molar refractivity (Wildman–Crippen MR) is 74.2 cm³/mol. The van der Waals surface area contributed by atoms with E-state index in [0.29, 0.717) is 5.41 Å². The van der Waals surface area contributed by atoms with E-state index in [0.717, 1.165) is 11.8 Å². The SMILES string of the molecule is CC(C)C1(C)CCN(CC2CCN(C)C2)CC1. The first kappa shape index (κ1) is 13.4. The molecule has 100 valence electrons. The lowest BCUT2D eigenvalue weighted by molar-refractivity contribution is 0.0699. The van der Waals surface area contributed by atoms with Crippen LogP contribution in [0.4, 0.5) is 0 Å². The maximum absolute atomic E-state index is 2.72. The molecule has 2 heteroatoms. The van der Waals surface area contributed by atoms with Crippen LogP contribution in [0, 0.1) is 17.3 Å². The van der Waals surface area contributed by atoms with E-state index in [2.05, 4.69) is 37.6 Å². The molecule has 1 unspecified atom stereocenters. The topological polar surface area (TPSA) is 6.48 Å². The number of piperidine rings is 1. The Morgan fingerprint density at radius 2 is 1.82 bits per heavy atom. The maximum Gasteiger partial charge on any atom is 0.00224 e. The Kier molecular flexibility index (Phi) is 4.14. The molecule has 0 aromatic rings. The van der Waals surface area contributed by atoms with Crippen molar-refractivity contribution in [3.8, 4) is 0 Å². The van der Waals surface area contributed by atoms with Crippen LogP contribution in [-0.2, 0) is 0 Å². The molecule has 0 radical (unpaired) electrons. The quantitative estimate of drug-likeness (QED) is 0.746. The molecule has 0 aromatic carbocycles. The maximum atomic E-state index is 2.72. The smallest absolute Gasteiger partial charge is 0.00224 e. The minimum atomic E-state index is 0.600. The van der Waals surface area contributed by atoms with Crippen molar-refractivity contribution in [1.82, 2.24) is 9.80 Å². The van der Waals surface area contributed by atoms with Crippen molar-refractivity contribution in [2.24, 2.45) is 17.3 Å². The van der Waals surface area contributed by atoms with Gasteiger partial charge in [0.2, 0.25) is 0 Å². The molecule has 0 aromatic heterocycles. The van der Waals surface area contributed by atoms with Crippen molar-refractivity contribution in [2.45, 2.75) is 40.0 Å². The number of nitrogens with zero attached hydrogens (tertiary/aromatic N) is 2. The molecule has 1 atom stereocenters. The third-order valence-electron chi connectivity index (χ3n) is 5.40. The minimum Gasteiger partial charge on any atom is -0.306 e. The van der Waals surface area contributed by atoms with E-state index in [-0.39, 0.29) is 0 Å². The van der Waals surface area contributed by atoms with E-state index in [1.54, 1.807) is 0 Å². The lowest BCUT2D eigenvalue weighted by atomic mass is 9.72. The Hall–Kier alpha value is -0.0800. The summed E-state index contributed by atoms with van der Waals surface area (Å²) in [6.07, 6.45) is 4.20. The summed E-state index contributed by atoms with van der Waals surface area (Å²) in [6.45, 7) is 13.9. The standard InChI is InChI=1S/C15H30N2/c1-13(2)15(3)6-9-17(10-7-15)12-14-5-8-16(4)11-14/h13-14H,5-12H2,1-4H3. The molecule has 2 aliphatic rings. The molecule has 0 bridgehead atoms. The first-order valence-corrected chi connectivity index (χ1v) is 7.40. The van der Waals surface area contributed by atoms with Gasteiger partial charge < -0.3 is 9.80 Å². The van der Waals surface area contributed by atoms with Gasteiger partial charge in [-0.2, -0.15) is 0 Å².